The molecule has 6 heteroatoms. The van der Waals surface area contributed by atoms with Gasteiger partial charge in [-0.25, -0.2) is 0 Å². The van der Waals surface area contributed by atoms with Crippen LogP contribution in [0.2, 0.25) is 0 Å². The molecule has 0 aliphatic carbocycles. The van der Waals surface area contributed by atoms with Crippen molar-refractivity contribution in [2.24, 2.45) is 0 Å². The molecular weight excluding hydrogens is 344 g/mol. The topological polar surface area (TPSA) is 49.3 Å². The minimum absolute atomic E-state index is 0.0796. The maximum absolute atomic E-state index is 12.5. The lowest BCUT2D eigenvalue weighted by Gasteiger charge is -2.35. The van der Waals surface area contributed by atoms with Crippen LogP contribution >= 0.6 is 15.9 Å². The molecule has 2 heterocycles. The standard InChI is InChI=1S/C16H17BrN4O/c1-12-5-6-15(19-18-12)20-7-9-21(10-8-20)16(22)13-3-2-4-14(17)11-13/h2-6,11H,7-10H2,1H3. The van der Waals surface area contributed by atoms with Crippen LogP contribution < -0.4 is 4.90 Å². The van der Waals surface area contributed by atoms with Crippen LogP contribution in [-0.4, -0.2) is 47.2 Å². The third kappa shape index (κ3) is 3.27. The molecule has 2 aromatic rings. The van der Waals surface area contributed by atoms with E-state index in [-0.39, 0.29) is 5.91 Å². The Morgan fingerprint density at radius 2 is 1.86 bits per heavy atom. The summed E-state index contributed by atoms with van der Waals surface area (Å²) in [6.45, 7) is 4.86. The molecule has 0 saturated carbocycles. The second-order valence-electron chi connectivity index (χ2n) is 5.32. The molecule has 1 aliphatic heterocycles. The summed E-state index contributed by atoms with van der Waals surface area (Å²) in [5, 5.41) is 8.30. The SMILES string of the molecule is Cc1ccc(N2CCN(C(=O)c3cccc(Br)c3)CC2)nn1. The minimum atomic E-state index is 0.0796. The van der Waals surface area contributed by atoms with E-state index < -0.39 is 0 Å². The van der Waals surface area contributed by atoms with Gasteiger partial charge in [0.15, 0.2) is 5.82 Å². The number of anilines is 1. The average Bonchev–Trinajstić information content (AvgIpc) is 2.55. The predicted molar refractivity (Wildman–Crippen MR) is 89.0 cm³/mol. The van der Waals surface area contributed by atoms with Crippen LogP contribution in [0.1, 0.15) is 16.1 Å². The van der Waals surface area contributed by atoms with Gasteiger partial charge < -0.3 is 9.80 Å². The second-order valence-corrected chi connectivity index (χ2v) is 6.24. The van der Waals surface area contributed by atoms with Crippen LogP contribution in [0.4, 0.5) is 5.82 Å². The number of amides is 1. The number of aromatic nitrogens is 2. The number of hydrogen-bond acceptors (Lipinski definition) is 4. The molecule has 1 aliphatic rings. The van der Waals surface area contributed by atoms with Gasteiger partial charge in [0.1, 0.15) is 0 Å². The summed E-state index contributed by atoms with van der Waals surface area (Å²) in [5.74, 6) is 0.955. The monoisotopic (exact) mass is 360 g/mol. The highest BCUT2D eigenvalue weighted by atomic mass is 79.9. The van der Waals surface area contributed by atoms with E-state index in [0.717, 1.165) is 34.6 Å². The summed E-state index contributed by atoms with van der Waals surface area (Å²) < 4.78 is 0.923. The van der Waals surface area contributed by atoms with Gasteiger partial charge in [0.2, 0.25) is 0 Å². The Labute approximate surface area is 138 Å². The van der Waals surface area contributed by atoms with Crippen LogP contribution in [0.3, 0.4) is 0 Å². The zero-order chi connectivity index (χ0) is 15.5. The summed E-state index contributed by atoms with van der Waals surface area (Å²) in [7, 11) is 0. The quantitative estimate of drug-likeness (QED) is 0.825. The molecule has 0 radical (unpaired) electrons. The normalized spacial score (nSPS) is 15.0. The highest BCUT2D eigenvalue weighted by Crippen LogP contribution is 2.17. The molecule has 0 atom stereocenters. The average molecular weight is 361 g/mol. The van der Waals surface area contributed by atoms with Gasteiger partial charge >= 0.3 is 0 Å². The molecular formula is C16H17BrN4O. The van der Waals surface area contributed by atoms with Crippen molar-refractivity contribution >= 4 is 27.7 Å². The molecule has 1 aromatic heterocycles. The Hall–Kier alpha value is -1.95. The number of aryl methyl sites for hydroxylation is 1. The smallest absolute Gasteiger partial charge is 0.254 e. The Balaban J connectivity index is 1.64. The molecule has 114 valence electrons. The Morgan fingerprint density at radius 3 is 2.50 bits per heavy atom. The van der Waals surface area contributed by atoms with Gasteiger partial charge in [-0.1, -0.05) is 22.0 Å². The van der Waals surface area contributed by atoms with Crippen molar-refractivity contribution in [3.63, 3.8) is 0 Å². The van der Waals surface area contributed by atoms with Gasteiger partial charge in [-0.05, 0) is 37.3 Å². The molecule has 0 spiro atoms. The zero-order valence-corrected chi connectivity index (χ0v) is 14.0. The molecule has 1 amide bonds. The molecule has 0 N–H and O–H groups in total. The maximum Gasteiger partial charge on any atom is 0.254 e. The van der Waals surface area contributed by atoms with E-state index in [2.05, 4.69) is 31.0 Å². The van der Waals surface area contributed by atoms with E-state index in [4.69, 9.17) is 0 Å². The van der Waals surface area contributed by atoms with Crippen molar-refractivity contribution in [1.82, 2.24) is 15.1 Å². The van der Waals surface area contributed by atoms with E-state index in [1.165, 1.54) is 0 Å². The van der Waals surface area contributed by atoms with E-state index in [9.17, 15) is 4.79 Å². The molecule has 0 unspecified atom stereocenters. The number of rotatable bonds is 2. The third-order valence-corrected chi connectivity index (χ3v) is 4.24. The first-order chi connectivity index (χ1) is 10.6. The Kier molecular flexibility index (Phi) is 4.38. The highest BCUT2D eigenvalue weighted by molar-refractivity contribution is 9.10. The molecule has 22 heavy (non-hydrogen) atoms. The summed E-state index contributed by atoms with van der Waals surface area (Å²) in [6.07, 6.45) is 0. The lowest BCUT2D eigenvalue weighted by Crippen LogP contribution is -2.49. The fraction of sp³-hybridized carbons (Fsp3) is 0.312. The molecule has 0 bridgehead atoms. The molecule has 3 rings (SSSR count). The Morgan fingerprint density at radius 1 is 1.09 bits per heavy atom. The lowest BCUT2D eigenvalue weighted by molar-refractivity contribution is 0.0746. The van der Waals surface area contributed by atoms with Gasteiger partial charge in [-0.15, -0.1) is 5.10 Å². The summed E-state index contributed by atoms with van der Waals surface area (Å²) >= 11 is 3.41. The fourth-order valence-electron chi connectivity index (χ4n) is 2.50. The molecule has 1 saturated heterocycles. The number of benzene rings is 1. The van der Waals surface area contributed by atoms with Gasteiger partial charge in [-0.2, -0.15) is 5.10 Å². The first-order valence-electron chi connectivity index (χ1n) is 7.23. The van der Waals surface area contributed by atoms with E-state index in [0.29, 0.717) is 13.1 Å². The van der Waals surface area contributed by atoms with Crippen LogP contribution in [0.15, 0.2) is 40.9 Å². The third-order valence-electron chi connectivity index (χ3n) is 3.75. The predicted octanol–water partition coefficient (Wildman–Crippen LogP) is 2.51. The van der Waals surface area contributed by atoms with Gasteiger partial charge in [0.25, 0.3) is 5.91 Å². The molecule has 5 nitrogen and oxygen atoms in total. The summed E-state index contributed by atoms with van der Waals surface area (Å²) in [5.41, 5.74) is 1.63. The van der Waals surface area contributed by atoms with Gasteiger partial charge in [-0.3, -0.25) is 4.79 Å². The molecule has 1 aromatic carbocycles. The van der Waals surface area contributed by atoms with Crippen molar-refractivity contribution < 1.29 is 4.79 Å². The van der Waals surface area contributed by atoms with Crippen molar-refractivity contribution in [3.05, 3.63) is 52.1 Å². The van der Waals surface area contributed by atoms with Crippen molar-refractivity contribution in [1.29, 1.82) is 0 Å². The number of halogens is 1. The van der Waals surface area contributed by atoms with E-state index in [1.807, 2.05) is 48.2 Å². The number of carbonyl (C=O) groups is 1. The van der Waals surface area contributed by atoms with Gasteiger partial charge in [0, 0.05) is 36.2 Å². The van der Waals surface area contributed by atoms with Crippen molar-refractivity contribution in [2.45, 2.75) is 6.92 Å². The highest BCUT2D eigenvalue weighted by Gasteiger charge is 2.23. The lowest BCUT2D eigenvalue weighted by atomic mass is 10.2. The van der Waals surface area contributed by atoms with E-state index in [1.54, 1.807) is 0 Å². The molecule has 1 fully saturated rings. The Bertz CT molecular complexity index is 666. The van der Waals surface area contributed by atoms with Crippen molar-refractivity contribution in [3.8, 4) is 0 Å². The maximum atomic E-state index is 12.5. The van der Waals surface area contributed by atoms with Crippen molar-refractivity contribution in [2.75, 3.05) is 31.1 Å². The van der Waals surface area contributed by atoms with Gasteiger partial charge in [0.05, 0.1) is 5.69 Å². The number of nitrogens with zero attached hydrogens (tertiary/aromatic N) is 4. The summed E-state index contributed by atoms with van der Waals surface area (Å²) in [6, 6.07) is 11.5. The largest absolute Gasteiger partial charge is 0.352 e. The zero-order valence-electron chi connectivity index (χ0n) is 12.4. The first-order valence-corrected chi connectivity index (χ1v) is 8.03. The fourth-order valence-corrected chi connectivity index (χ4v) is 2.90. The van der Waals surface area contributed by atoms with Crippen LogP contribution in [0.25, 0.3) is 0 Å². The van der Waals surface area contributed by atoms with Crippen LogP contribution in [-0.2, 0) is 0 Å². The summed E-state index contributed by atoms with van der Waals surface area (Å²) in [4.78, 5) is 16.6. The number of carbonyl (C=O) groups excluding carboxylic acids is 1. The number of piperazine rings is 1. The minimum Gasteiger partial charge on any atom is -0.352 e. The second kappa shape index (κ2) is 6.44. The number of hydrogen-bond donors (Lipinski definition) is 0. The van der Waals surface area contributed by atoms with E-state index >= 15 is 0 Å². The van der Waals surface area contributed by atoms with Crippen LogP contribution in [0.5, 0.6) is 0 Å². The van der Waals surface area contributed by atoms with Crippen LogP contribution in [0, 0.1) is 6.92 Å². The first kappa shape index (κ1) is 15.0.